The Bertz CT molecular complexity index is 908. The lowest BCUT2D eigenvalue weighted by Crippen LogP contribution is -2.35. The summed E-state index contributed by atoms with van der Waals surface area (Å²) in [6.07, 6.45) is 2.01. The summed E-state index contributed by atoms with van der Waals surface area (Å²) in [6.45, 7) is 3.65. The quantitative estimate of drug-likeness (QED) is 0.605. The number of anilines is 1. The van der Waals surface area contributed by atoms with E-state index in [2.05, 4.69) is 23.1 Å². The zero-order valence-electron chi connectivity index (χ0n) is 18.2. The molecule has 31 heavy (non-hydrogen) atoms. The number of carbonyl (C=O) groups is 1. The number of methoxy groups -OCH3 is 2. The third kappa shape index (κ3) is 6.05. The van der Waals surface area contributed by atoms with Crippen molar-refractivity contribution in [1.82, 2.24) is 4.90 Å². The fourth-order valence-corrected chi connectivity index (χ4v) is 3.64. The molecule has 7 heteroatoms. The molecule has 1 aliphatic heterocycles. The van der Waals surface area contributed by atoms with Crippen molar-refractivity contribution in [3.8, 4) is 23.3 Å². The van der Waals surface area contributed by atoms with Gasteiger partial charge in [-0.25, -0.2) is 0 Å². The molecule has 1 aliphatic rings. The monoisotopic (exact) mass is 423 g/mol. The van der Waals surface area contributed by atoms with Crippen LogP contribution in [0, 0.1) is 11.3 Å². The van der Waals surface area contributed by atoms with E-state index >= 15 is 0 Å². The van der Waals surface area contributed by atoms with Crippen LogP contribution in [0.2, 0.25) is 0 Å². The first kappa shape index (κ1) is 22.3. The number of ether oxygens (including phenoxy) is 3. The molecule has 0 aromatic heterocycles. The fourth-order valence-electron chi connectivity index (χ4n) is 3.64. The number of carbonyl (C=O) groups excluding carboxylic acids is 1. The van der Waals surface area contributed by atoms with E-state index in [1.807, 2.05) is 17.0 Å². The summed E-state index contributed by atoms with van der Waals surface area (Å²) in [5.41, 5.74) is 1.67. The Morgan fingerprint density at radius 3 is 2.52 bits per heavy atom. The van der Waals surface area contributed by atoms with Crippen LogP contribution < -0.4 is 19.1 Å². The first-order valence-electron chi connectivity index (χ1n) is 10.5. The van der Waals surface area contributed by atoms with Crippen molar-refractivity contribution in [2.75, 3.05) is 51.9 Å². The maximum absolute atomic E-state index is 12.7. The second-order valence-corrected chi connectivity index (χ2v) is 7.35. The summed E-state index contributed by atoms with van der Waals surface area (Å²) >= 11 is 0. The number of nitriles is 1. The standard InChI is InChI=1S/C24H29N3O4/c1-29-21-9-7-20(8-10-21)26-12-4-13-27(15-14-26)24(28)5-3-16-31-22-11-6-19(18-25)17-23(22)30-2/h6-11,17H,3-5,12-16H2,1-2H3. The van der Waals surface area contributed by atoms with Gasteiger partial charge in [0.1, 0.15) is 5.75 Å². The molecule has 3 rings (SSSR count). The summed E-state index contributed by atoms with van der Waals surface area (Å²) in [5.74, 6) is 2.11. The molecule has 0 bridgehead atoms. The van der Waals surface area contributed by atoms with Gasteiger partial charge in [-0.15, -0.1) is 0 Å². The number of nitrogens with zero attached hydrogens (tertiary/aromatic N) is 3. The molecule has 1 heterocycles. The van der Waals surface area contributed by atoms with Crippen molar-refractivity contribution in [3.63, 3.8) is 0 Å². The van der Waals surface area contributed by atoms with E-state index in [4.69, 9.17) is 19.5 Å². The normalized spacial score (nSPS) is 13.8. The van der Waals surface area contributed by atoms with E-state index < -0.39 is 0 Å². The van der Waals surface area contributed by atoms with Crippen LogP contribution in [0.15, 0.2) is 42.5 Å². The molecule has 0 spiro atoms. The SMILES string of the molecule is COc1ccc(N2CCCN(C(=O)CCCOc3ccc(C#N)cc3OC)CC2)cc1. The number of rotatable bonds is 8. The number of benzene rings is 2. The van der Waals surface area contributed by atoms with Crippen molar-refractivity contribution in [1.29, 1.82) is 5.26 Å². The van der Waals surface area contributed by atoms with Crippen LogP contribution in [0.25, 0.3) is 0 Å². The molecule has 1 saturated heterocycles. The van der Waals surface area contributed by atoms with Gasteiger partial charge in [-0.05, 0) is 49.2 Å². The lowest BCUT2D eigenvalue weighted by molar-refractivity contribution is -0.131. The first-order chi connectivity index (χ1) is 15.1. The molecular formula is C24H29N3O4. The van der Waals surface area contributed by atoms with Crippen LogP contribution in [0.1, 0.15) is 24.8 Å². The minimum absolute atomic E-state index is 0.159. The zero-order valence-corrected chi connectivity index (χ0v) is 18.2. The summed E-state index contributed by atoms with van der Waals surface area (Å²) in [4.78, 5) is 16.9. The van der Waals surface area contributed by atoms with Gasteiger partial charge in [0.25, 0.3) is 0 Å². The summed E-state index contributed by atoms with van der Waals surface area (Å²) < 4.78 is 16.3. The Hall–Kier alpha value is -3.40. The van der Waals surface area contributed by atoms with Gasteiger partial charge in [0.2, 0.25) is 5.91 Å². The number of hydrogen-bond donors (Lipinski definition) is 0. The van der Waals surface area contributed by atoms with Gasteiger partial charge in [0, 0.05) is 44.4 Å². The molecule has 0 unspecified atom stereocenters. The molecule has 2 aromatic rings. The maximum atomic E-state index is 12.7. The van der Waals surface area contributed by atoms with Crippen molar-refractivity contribution in [2.24, 2.45) is 0 Å². The number of hydrogen-bond acceptors (Lipinski definition) is 6. The van der Waals surface area contributed by atoms with Crippen molar-refractivity contribution in [3.05, 3.63) is 48.0 Å². The van der Waals surface area contributed by atoms with E-state index in [0.717, 1.165) is 44.0 Å². The smallest absolute Gasteiger partial charge is 0.222 e. The van der Waals surface area contributed by atoms with Gasteiger partial charge in [0.05, 0.1) is 32.5 Å². The average molecular weight is 424 g/mol. The van der Waals surface area contributed by atoms with Gasteiger partial charge < -0.3 is 24.0 Å². The predicted molar refractivity (Wildman–Crippen MR) is 119 cm³/mol. The van der Waals surface area contributed by atoms with Crippen LogP contribution in [0.3, 0.4) is 0 Å². The number of amides is 1. The van der Waals surface area contributed by atoms with E-state index in [9.17, 15) is 4.79 Å². The molecule has 7 nitrogen and oxygen atoms in total. The second kappa shape index (κ2) is 11.1. The Morgan fingerprint density at radius 1 is 1.00 bits per heavy atom. The summed E-state index contributed by atoms with van der Waals surface area (Å²) in [6, 6.07) is 15.2. The lowest BCUT2D eigenvalue weighted by atomic mass is 10.2. The lowest BCUT2D eigenvalue weighted by Gasteiger charge is -2.24. The van der Waals surface area contributed by atoms with Crippen LogP contribution in [0.5, 0.6) is 17.2 Å². The molecule has 1 fully saturated rings. The van der Waals surface area contributed by atoms with E-state index in [1.165, 1.54) is 0 Å². The Labute approximate surface area is 183 Å². The van der Waals surface area contributed by atoms with E-state index in [0.29, 0.717) is 36.5 Å². The first-order valence-corrected chi connectivity index (χ1v) is 10.5. The van der Waals surface area contributed by atoms with Crippen molar-refractivity contribution < 1.29 is 19.0 Å². The Kier molecular flexibility index (Phi) is 7.99. The van der Waals surface area contributed by atoms with Gasteiger partial charge in [-0.1, -0.05) is 0 Å². The third-order valence-electron chi connectivity index (χ3n) is 5.37. The third-order valence-corrected chi connectivity index (χ3v) is 5.37. The van der Waals surface area contributed by atoms with Gasteiger partial charge >= 0.3 is 0 Å². The summed E-state index contributed by atoms with van der Waals surface area (Å²) in [7, 11) is 3.21. The van der Waals surface area contributed by atoms with Crippen molar-refractivity contribution in [2.45, 2.75) is 19.3 Å². The topological polar surface area (TPSA) is 75.0 Å². The maximum Gasteiger partial charge on any atom is 0.222 e. The van der Waals surface area contributed by atoms with Crippen LogP contribution >= 0.6 is 0 Å². The van der Waals surface area contributed by atoms with Crippen molar-refractivity contribution >= 4 is 11.6 Å². The zero-order chi connectivity index (χ0) is 22.1. The van der Waals surface area contributed by atoms with Gasteiger partial charge in [0.15, 0.2) is 11.5 Å². The Balaban J connectivity index is 1.44. The molecule has 0 radical (unpaired) electrons. The van der Waals surface area contributed by atoms with Gasteiger partial charge in [-0.2, -0.15) is 5.26 Å². The molecule has 164 valence electrons. The predicted octanol–water partition coefficient (Wildman–Crippen LogP) is 3.47. The minimum atomic E-state index is 0.159. The average Bonchev–Trinajstić information content (AvgIpc) is 3.08. The fraction of sp³-hybridized carbons (Fsp3) is 0.417. The second-order valence-electron chi connectivity index (χ2n) is 7.35. The van der Waals surface area contributed by atoms with E-state index in [-0.39, 0.29) is 5.91 Å². The Morgan fingerprint density at radius 2 is 1.81 bits per heavy atom. The molecule has 0 atom stereocenters. The van der Waals surface area contributed by atoms with Crippen LogP contribution in [0.4, 0.5) is 5.69 Å². The molecule has 2 aromatic carbocycles. The largest absolute Gasteiger partial charge is 0.497 e. The highest BCUT2D eigenvalue weighted by atomic mass is 16.5. The molecular weight excluding hydrogens is 394 g/mol. The summed E-state index contributed by atoms with van der Waals surface area (Å²) in [5, 5.41) is 8.97. The van der Waals surface area contributed by atoms with Crippen LogP contribution in [-0.2, 0) is 4.79 Å². The highest BCUT2D eigenvalue weighted by Gasteiger charge is 2.19. The van der Waals surface area contributed by atoms with E-state index in [1.54, 1.807) is 32.4 Å². The van der Waals surface area contributed by atoms with Crippen LogP contribution in [-0.4, -0.2) is 57.8 Å². The molecule has 0 aliphatic carbocycles. The molecule has 0 N–H and O–H groups in total. The van der Waals surface area contributed by atoms with Gasteiger partial charge in [-0.3, -0.25) is 4.79 Å². The highest BCUT2D eigenvalue weighted by molar-refractivity contribution is 5.76. The molecule has 1 amide bonds. The minimum Gasteiger partial charge on any atom is -0.497 e. The molecule has 0 saturated carbocycles. The highest BCUT2D eigenvalue weighted by Crippen LogP contribution is 2.28.